The number of benzene rings is 1. The topological polar surface area (TPSA) is 61.4 Å². The number of nitrogens with one attached hydrogen (secondary N) is 1. The molecule has 2 aromatic heterocycles. The molecule has 5 nitrogen and oxygen atoms in total. The van der Waals surface area contributed by atoms with Gasteiger partial charge < -0.3 is 9.88 Å². The second kappa shape index (κ2) is 6.30. The molecule has 24 heavy (non-hydrogen) atoms. The van der Waals surface area contributed by atoms with Crippen molar-refractivity contribution in [3.63, 3.8) is 0 Å². The molecule has 7 heteroatoms. The molecule has 0 atom stereocenters. The molecule has 0 saturated carbocycles. The third kappa shape index (κ3) is 2.68. The number of rotatable bonds is 2. The van der Waals surface area contributed by atoms with Crippen molar-refractivity contribution in [2.24, 2.45) is 4.99 Å². The van der Waals surface area contributed by atoms with E-state index in [1.54, 1.807) is 30.2 Å². The maximum absolute atomic E-state index is 12.6. The third-order valence-corrected chi connectivity index (χ3v) is 5.08. The minimum atomic E-state index is -0.282. The lowest BCUT2D eigenvalue weighted by molar-refractivity contribution is 0.100. The van der Waals surface area contributed by atoms with Gasteiger partial charge in [-0.2, -0.15) is 4.99 Å². The Kier molecular flexibility index (Phi) is 4.00. The molecular weight excluding hydrogens is 344 g/mol. The molecule has 120 valence electrons. The number of amidine groups is 1. The first-order valence-electron chi connectivity index (χ1n) is 7.44. The number of anilines is 1. The predicted octanol–water partition coefficient (Wildman–Crippen LogP) is 3.97. The number of fused-ring (bicyclic) bond motifs is 1. The molecule has 4 rings (SSSR count). The molecular formula is C17H13ClN4OS. The smallest absolute Gasteiger partial charge is 0.281 e. The standard InChI is InChI=1S/C17H13ClN4OS/c18-13-5-1-2-6-14(13)22-8-9-24-17(22)21-16(23)12-10-20-15-11(12)4-3-7-19-15/h1-7,10H,8-9H2,(H,19,20). The Morgan fingerprint density at radius 3 is 3.04 bits per heavy atom. The highest BCUT2D eigenvalue weighted by molar-refractivity contribution is 8.14. The number of aromatic nitrogens is 2. The van der Waals surface area contributed by atoms with Gasteiger partial charge in [-0.1, -0.05) is 35.5 Å². The first-order valence-corrected chi connectivity index (χ1v) is 8.80. The van der Waals surface area contributed by atoms with E-state index in [-0.39, 0.29) is 5.91 Å². The highest BCUT2D eigenvalue weighted by atomic mass is 35.5. The lowest BCUT2D eigenvalue weighted by Crippen LogP contribution is -2.24. The van der Waals surface area contributed by atoms with Crippen molar-refractivity contribution in [3.8, 4) is 0 Å². The summed E-state index contributed by atoms with van der Waals surface area (Å²) < 4.78 is 0. The maximum atomic E-state index is 12.6. The summed E-state index contributed by atoms with van der Waals surface area (Å²) in [4.78, 5) is 26.1. The summed E-state index contributed by atoms with van der Waals surface area (Å²) in [7, 11) is 0. The molecule has 1 amide bonds. The van der Waals surface area contributed by atoms with Crippen LogP contribution in [0.4, 0.5) is 5.69 Å². The van der Waals surface area contributed by atoms with E-state index >= 15 is 0 Å². The summed E-state index contributed by atoms with van der Waals surface area (Å²) in [5.41, 5.74) is 2.08. The monoisotopic (exact) mass is 356 g/mol. The largest absolute Gasteiger partial charge is 0.345 e. The second-order valence-corrected chi connectivity index (χ2v) is 6.72. The number of amides is 1. The van der Waals surface area contributed by atoms with Gasteiger partial charge >= 0.3 is 0 Å². The quantitative estimate of drug-likeness (QED) is 0.754. The second-order valence-electron chi connectivity index (χ2n) is 5.25. The molecule has 0 radical (unpaired) electrons. The highest BCUT2D eigenvalue weighted by Crippen LogP contribution is 2.31. The summed E-state index contributed by atoms with van der Waals surface area (Å²) in [6, 6.07) is 11.2. The van der Waals surface area contributed by atoms with Crippen molar-refractivity contribution in [2.75, 3.05) is 17.2 Å². The van der Waals surface area contributed by atoms with Crippen molar-refractivity contribution in [1.82, 2.24) is 9.97 Å². The number of hydrogen-bond acceptors (Lipinski definition) is 3. The van der Waals surface area contributed by atoms with E-state index in [0.29, 0.717) is 21.4 Å². The molecule has 1 aliphatic rings. The van der Waals surface area contributed by atoms with Gasteiger partial charge in [0, 0.05) is 30.1 Å². The normalized spacial score (nSPS) is 16.2. The first-order chi connectivity index (χ1) is 11.7. The fourth-order valence-electron chi connectivity index (χ4n) is 2.67. The molecule has 1 aromatic carbocycles. The van der Waals surface area contributed by atoms with E-state index in [9.17, 15) is 4.79 Å². The van der Waals surface area contributed by atoms with Crippen LogP contribution in [0.3, 0.4) is 0 Å². The van der Waals surface area contributed by atoms with Crippen molar-refractivity contribution in [1.29, 1.82) is 0 Å². The zero-order chi connectivity index (χ0) is 16.5. The summed E-state index contributed by atoms with van der Waals surface area (Å²) in [6.07, 6.45) is 3.34. The summed E-state index contributed by atoms with van der Waals surface area (Å²) in [6.45, 7) is 0.774. The van der Waals surface area contributed by atoms with Crippen molar-refractivity contribution in [2.45, 2.75) is 0 Å². The molecule has 3 aromatic rings. The molecule has 3 heterocycles. The highest BCUT2D eigenvalue weighted by Gasteiger charge is 2.24. The number of thioether (sulfide) groups is 1. The predicted molar refractivity (Wildman–Crippen MR) is 99.1 cm³/mol. The Bertz CT molecular complexity index is 952. The SMILES string of the molecule is O=C(N=C1SCCN1c1ccccc1Cl)c1c[nH]c2ncccc12. The van der Waals surface area contributed by atoms with E-state index in [2.05, 4.69) is 15.0 Å². The lowest BCUT2D eigenvalue weighted by atomic mass is 10.2. The fraction of sp³-hybridized carbons (Fsp3) is 0.118. The summed E-state index contributed by atoms with van der Waals surface area (Å²) in [5.74, 6) is 0.586. The number of carbonyl (C=O) groups excluding carboxylic acids is 1. The zero-order valence-corrected chi connectivity index (χ0v) is 14.1. The Morgan fingerprint density at radius 2 is 2.17 bits per heavy atom. The van der Waals surface area contributed by atoms with Crippen LogP contribution in [0.2, 0.25) is 5.02 Å². The van der Waals surface area contributed by atoms with Crippen LogP contribution in [0.15, 0.2) is 53.8 Å². The van der Waals surface area contributed by atoms with Gasteiger partial charge in [-0.25, -0.2) is 4.98 Å². The van der Waals surface area contributed by atoms with Crippen LogP contribution in [0.5, 0.6) is 0 Å². The summed E-state index contributed by atoms with van der Waals surface area (Å²) in [5, 5.41) is 2.10. The molecule has 1 saturated heterocycles. The van der Waals surface area contributed by atoms with E-state index in [1.807, 2.05) is 35.2 Å². The molecule has 0 bridgehead atoms. The van der Waals surface area contributed by atoms with Crippen LogP contribution >= 0.6 is 23.4 Å². The van der Waals surface area contributed by atoms with Gasteiger partial charge in [-0.05, 0) is 24.3 Å². The van der Waals surface area contributed by atoms with Crippen LogP contribution in [0, 0.1) is 0 Å². The molecule has 0 spiro atoms. The Morgan fingerprint density at radius 1 is 1.29 bits per heavy atom. The van der Waals surface area contributed by atoms with Crippen LogP contribution in [0.1, 0.15) is 10.4 Å². The minimum Gasteiger partial charge on any atom is -0.345 e. The lowest BCUT2D eigenvalue weighted by Gasteiger charge is -2.18. The molecule has 1 aliphatic heterocycles. The fourth-order valence-corrected chi connectivity index (χ4v) is 3.86. The number of hydrogen-bond donors (Lipinski definition) is 1. The van der Waals surface area contributed by atoms with Gasteiger partial charge in [0.05, 0.1) is 16.3 Å². The number of para-hydroxylation sites is 1. The van der Waals surface area contributed by atoms with Crippen molar-refractivity contribution >= 4 is 51.2 Å². The van der Waals surface area contributed by atoms with Crippen molar-refractivity contribution in [3.05, 3.63) is 59.4 Å². The Labute approximate surface area is 147 Å². The Hall–Kier alpha value is -2.31. The molecule has 0 unspecified atom stereocenters. The molecule has 1 fully saturated rings. The average Bonchev–Trinajstić information content (AvgIpc) is 3.22. The van der Waals surface area contributed by atoms with Gasteiger partial charge in [0.25, 0.3) is 5.91 Å². The van der Waals surface area contributed by atoms with Gasteiger partial charge in [0.1, 0.15) is 5.65 Å². The third-order valence-electron chi connectivity index (χ3n) is 3.80. The summed E-state index contributed by atoms with van der Waals surface area (Å²) >= 11 is 7.84. The van der Waals surface area contributed by atoms with E-state index in [1.165, 1.54) is 0 Å². The Balaban J connectivity index is 1.69. The number of aliphatic imine (C=N–C) groups is 1. The minimum absolute atomic E-state index is 0.282. The number of nitrogens with zero attached hydrogens (tertiary/aromatic N) is 3. The number of aromatic amines is 1. The first kappa shape index (κ1) is 15.2. The van der Waals surface area contributed by atoms with Gasteiger partial charge in [0.15, 0.2) is 5.17 Å². The van der Waals surface area contributed by atoms with Crippen LogP contribution < -0.4 is 4.90 Å². The van der Waals surface area contributed by atoms with Crippen molar-refractivity contribution < 1.29 is 4.79 Å². The van der Waals surface area contributed by atoms with Crippen LogP contribution in [-0.2, 0) is 0 Å². The van der Waals surface area contributed by atoms with E-state index in [0.717, 1.165) is 23.4 Å². The molecule has 0 aliphatic carbocycles. The van der Waals surface area contributed by atoms with Crippen LogP contribution in [-0.4, -0.2) is 33.3 Å². The number of carbonyl (C=O) groups is 1. The number of halogens is 1. The van der Waals surface area contributed by atoms with E-state index < -0.39 is 0 Å². The number of pyridine rings is 1. The average molecular weight is 357 g/mol. The number of H-pyrrole nitrogens is 1. The maximum Gasteiger partial charge on any atom is 0.281 e. The van der Waals surface area contributed by atoms with Gasteiger partial charge in [-0.3, -0.25) is 4.79 Å². The van der Waals surface area contributed by atoms with Gasteiger partial charge in [0.2, 0.25) is 0 Å². The van der Waals surface area contributed by atoms with E-state index in [4.69, 9.17) is 11.6 Å². The zero-order valence-electron chi connectivity index (χ0n) is 12.6. The molecule has 1 N–H and O–H groups in total. The van der Waals surface area contributed by atoms with Gasteiger partial charge in [-0.15, -0.1) is 0 Å². The van der Waals surface area contributed by atoms with Crippen LogP contribution in [0.25, 0.3) is 11.0 Å².